The van der Waals surface area contributed by atoms with E-state index in [0.717, 1.165) is 6.42 Å². The summed E-state index contributed by atoms with van der Waals surface area (Å²) >= 11 is 1.65. The molecule has 0 spiro atoms. The number of carboxylic acid groups (broad SMARTS) is 1. The van der Waals surface area contributed by atoms with Crippen molar-refractivity contribution in [3.63, 3.8) is 0 Å². The van der Waals surface area contributed by atoms with Crippen molar-refractivity contribution in [2.24, 2.45) is 0 Å². The van der Waals surface area contributed by atoms with E-state index in [1.54, 1.807) is 11.3 Å². The van der Waals surface area contributed by atoms with Gasteiger partial charge in [-0.2, -0.15) is 11.3 Å². The predicted octanol–water partition coefficient (Wildman–Crippen LogP) is 2.46. The first-order valence-corrected chi connectivity index (χ1v) is 6.02. The van der Waals surface area contributed by atoms with Crippen LogP contribution in [0.5, 0.6) is 5.75 Å². The van der Waals surface area contributed by atoms with Gasteiger partial charge in [0.25, 0.3) is 0 Å². The van der Waals surface area contributed by atoms with Gasteiger partial charge in [-0.3, -0.25) is 4.98 Å². The predicted molar refractivity (Wildman–Crippen MR) is 64.7 cm³/mol. The van der Waals surface area contributed by atoms with Crippen molar-refractivity contribution in [1.82, 2.24) is 4.98 Å². The Bertz CT molecular complexity index is 496. The number of aromatic nitrogens is 1. The highest BCUT2D eigenvalue weighted by molar-refractivity contribution is 7.07. The number of nitrogens with zero attached hydrogens (tertiary/aromatic N) is 1. The van der Waals surface area contributed by atoms with Crippen molar-refractivity contribution in [3.05, 3.63) is 46.4 Å². The molecule has 0 atom stereocenters. The Morgan fingerprint density at radius 2 is 2.35 bits per heavy atom. The van der Waals surface area contributed by atoms with Crippen LogP contribution in [0.3, 0.4) is 0 Å². The minimum absolute atomic E-state index is 0.137. The highest BCUT2D eigenvalue weighted by atomic mass is 32.1. The summed E-state index contributed by atoms with van der Waals surface area (Å²) in [6.45, 7) is 0.515. The Morgan fingerprint density at radius 1 is 1.47 bits per heavy atom. The van der Waals surface area contributed by atoms with Crippen LogP contribution in [0.15, 0.2) is 35.3 Å². The maximum atomic E-state index is 10.7. The lowest BCUT2D eigenvalue weighted by atomic mass is 10.2. The lowest BCUT2D eigenvalue weighted by Gasteiger charge is -2.05. The molecule has 2 heterocycles. The summed E-state index contributed by atoms with van der Waals surface area (Å²) in [6.07, 6.45) is 3.62. The number of carbonyl (C=O) groups is 1. The van der Waals surface area contributed by atoms with Gasteiger partial charge < -0.3 is 9.84 Å². The normalized spacial score (nSPS) is 10.1. The number of ether oxygens (including phenoxy) is 1. The van der Waals surface area contributed by atoms with E-state index in [4.69, 9.17) is 9.84 Å². The van der Waals surface area contributed by atoms with Crippen LogP contribution in [-0.4, -0.2) is 22.7 Å². The second kappa shape index (κ2) is 5.45. The molecule has 17 heavy (non-hydrogen) atoms. The Balaban J connectivity index is 1.90. The van der Waals surface area contributed by atoms with E-state index < -0.39 is 5.97 Å². The molecule has 0 saturated heterocycles. The average Bonchev–Trinajstić information content (AvgIpc) is 2.82. The number of thiophene rings is 1. The van der Waals surface area contributed by atoms with Crippen LogP contribution < -0.4 is 4.74 Å². The molecule has 0 aliphatic heterocycles. The Kier molecular flexibility index (Phi) is 3.72. The van der Waals surface area contributed by atoms with Crippen LogP contribution in [-0.2, 0) is 6.42 Å². The molecule has 0 aliphatic rings. The van der Waals surface area contributed by atoms with Crippen LogP contribution in [0.25, 0.3) is 0 Å². The van der Waals surface area contributed by atoms with Crippen LogP contribution in [0, 0.1) is 0 Å². The van der Waals surface area contributed by atoms with Gasteiger partial charge in [0, 0.05) is 12.6 Å². The topological polar surface area (TPSA) is 59.4 Å². The minimum atomic E-state index is -0.999. The first-order chi connectivity index (χ1) is 8.25. The van der Waals surface area contributed by atoms with Crippen LogP contribution in [0.1, 0.15) is 15.9 Å². The van der Waals surface area contributed by atoms with Crippen LogP contribution in [0.2, 0.25) is 0 Å². The molecule has 5 heteroatoms. The average molecular weight is 249 g/mol. The van der Waals surface area contributed by atoms with E-state index in [1.807, 2.05) is 11.4 Å². The van der Waals surface area contributed by atoms with Gasteiger partial charge in [0.2, 0.25) is 0 Å². The molecule has 2 rings (SSSR count). The lowest BCUT2D eigenvalue weighted by Crippen LogP contribution is -2.03. The molecule has 0 bridgehead atoms. The first-order valence-electron chi connectivity index (χ1n) is 5.08. The highest BCUT2D eigenvalue weighted by Gasteiger charge is 2.04. The standard InChI is InChI=1S/C12H11NO3S/c14-12(15)10-5-11(7-13-6-10)16-3-1-9-2-4-17-8-9/h2,4-8H,1,3H2,(H,14,15). The second-order valence-electron chi connectivity index (χ2n) is 3.44. The number of pyridine rings is 1. The van der Waals surface area contributed by atoms with Gasteiger partial charge in [-0.05, 0) is 28.5 Å². The Morgan fingerprint density at radius 3 is 3.06 bits per heavy atom. The van der Waals surface area contributed by atoms with Crippen LogP contribution in [0.4, 0.5) is 0 Å². The molecule has 0 amide bonds. The van der Waals surface area contributed by atoms with Gasteiger partial charge in [0.1, 0.15) is 5.75 Å². The largest absolute Gasteiger partial charge is 0.492 e. The summed E-state index contributed by atoms with van der Waals surface area (Å²) < 4.78 is 5.45. The summed E-state index contributed by atoms with van der Waals surface area (Å²) in [5.41, 5.74) is 1.36. The molecule has 0 radical (unpaired) electrons. The second-order valence-corrected chi connectivity index (χ2v) is 4.22. The first kappa shape index (κ1) is 11.6. The van der Waals surface area contributed by atoms with E-state index >= 15 is 0 Å². The maximum Gasteiger partial charge on any atom is 0.337 e. The van der Waals surface area contributed by atoms with E-state index in [1.165, 1.54) is 24.0 Å². The van der Waals surface area contributed by atoms with Gasteiger partial charge in [-0.25, -0.2) is 4.79 Å². The SMILES string of the molecule is O=C(O)c1cncc(OCCc2ccsc2)c1. The van der Waals surface area contributed by atoms with Gasteiger partial charge in [0.15, 0.2) is 0 Å². The molecule has 0 aliphatic carbocycles. The third-order valence-corrected chi connectivity index (χ3v) is 2.93. The summed E-state index contributed by atoms with van der Waals surface area (Å²) in [5, 5.41) is 12.9. The number of hydrogen-bond donors (Lipinski definition) is 1. The molecule has 0 unspecified atom stereocenters. The quantitative estimate of drug-likeness (QED) is 0.884. The van der Waals surface area contributed by atoms with Crippen molar-refractivity contribution in [2.45, 2.75) is 6.42 Å². The zero-order valence-electron chi connectivity index (χ0n) is 9.00. The van der Waals surface area contributed by atoms with E-state index in [2.05, 4.69) is 10.4 Å². The summed E-state index contributed by atoms with van der Waals surface area (Å²) in [6, 6.07) is 3.52. The number of aromatic carboxylic acids is 1. The smallest absolute Gasteiger partial charge is 0.337 e. The number of carboxylic acids is 1. The zero-order chi connectivity index (χ0) is 12.1. The third kappa shape index (κ3) is 3.29. The molecule has 0 saturated carbocycles. The lowest BCUT2D eigenvalue weighted by molar-refractivity contribution is 0.0696. The highest BCUT2D eigenvalue weighted by Crippen LogP contribution is 2.12. The fraction of sp³-hybridized carbons (Fsp3) is 0.167. The molecule has 0 aromatic carbocycles. The van der Waals surface area contributed by atoms with E-state index in [-0.39, 0.29) is 5.56 Å². The molecular weight excluding hydrogens is 238 g/mol. The molecule has 2 aromatic rings. The van der Waals surface area contributed by atoms with Crippen molar-refractivity contribution >= 4 is 17.3 Å². The fourth-order valence-electron chi connectivity index (χ4n) is 1.34. The van der Waals surface area contributed by atoms with E-state index in [0.29, 0.717) is 12.4 Å². The summed E-state index contributed by atoms with van der Waals surface area (Å²) in [5.74, 6) is -0.513. The fourth-order valence-corrected chi connectivity index (χ4v) is 2.04. The molecule has 0 fully saturated rings. The van der Waals surface area contributed by atoms with Gasteiger partial charge in [-0.15, -0.1) is 0 Å². The van der Waals surface area contributed by atoms with Crippen molar-refractivity contribution in [3.8, 4) is 5.75 Å². The van der Waals surface area contributed by atoms with E-state index in [9.17, 15) is 4.79 Å². The Hall–Kier alpha value is -1.88. The minimum Gasteiger partial charge on any atom is -0.492 e. The van der Waals surface area contributed by atoms with Gasteiger partial charge in [0.05, 0.1) is 18.4 Å². The Labute approximate surface area is 103 Å². The van der Waals surface area contributed by atoms with Gasteiger partial charge in [-0.1, -0.05) is 0 Å². The summed E-state index contributed by atoms with van der Waals surface area (Å²) in [4.78, 5) is 14.5. The molecular formula is C12H11NO3S. The summed E-state index contributed by atoms with van der Waals surface area (Å²) in [7, 11) is 0. The molecule has 4 nitrogen and oxygen atoms in total. The third-order valence-electron chi connectivity index (χ3n) is 2.20. The van der Waals surface area contributed by atoms with Crippen molar-refractivity contribution in [2.75, 3.05) is 6.61 Å². The number of hydrogen-bond acceptors (Lipinski definition) is 4. The molecule has 2 aromatic heterocycles. The van der Waals surface area contributed by atoms with Crippen molar-refractivity contribution < 1.29 is 14.6 Å². The molecule has 1 N–H and O–H groups in total. The zero-order valence-corrected chi connectivity index (χ0v) is 9.81. The number of rotatable bonds is 5. The van der Waals surface area contributed by atoms with Crippen LogP contribution >= 0.6 is 11.3 Å². The van der Waals surface area contributed by atoms with Gasteiger partial charge >= 0.3 is 5.97 Å². The maximum absolute atomic E-state index is 10.7. The monoisotopic (exact) mass is 249 g/mol. The molecule has 88 valence electrons. The van der Waals surface area contributed by atoms with Crippen molar-refractivity contribution in [1.29, 1.82) is 0 Å².